The van der Waals surface area contributed by atoms with Crippen LogP contribution in [0.25, 0.3) is 10.9 Å². The van der Waals surface area contributed by atoms with E-state index >= 15 is 0 Å². The summed E-state index contributed by atoms with van der Waals surface area (Å²) in [6.45, 7) is 3.19. The molecule has 1 aromatic carbocycles. The SMILES string of the molecule is CC1CCCC(NCc2[nH]c3ccccc3c2Cl)C1. The lowest BCUT2D eigenvalue weighted by Gasteiger charge is -2.27. The summed E-state index contributed by atoms with van der Waals surface area (Å²) >= 11 is 6.43. The van der Waals surface area contributed by atoms with Crippen LogP contribution in [0.4, 0.5) is 0 Å². The van der Waals surface area contributed by atoms with Gasteiger partial charge in [-0.15, -0.1) is 0 Å². The zero-order chi connectivity index (χ0) is 13.2. The molecule has 19 heavy (non-hydrogen) atoms. The second-order valence-corrected chi connectivity index (χ2v) is 6.19. The van der Waals surface area contributed by atoms with E-state index < -0.39 is 0 Å². The topological polar surface area (TPSA) is 27.8 Å². The van der Waals surface area contributed by atoms with Crippen molar-refractivity contribution < 1.29 is 0 Å². The molecule has 2 nitrogen and oxygen atoms in total. The number of nitrogens with one attached hydrogen (secondary N) is 2. The molecule has 0 saturated heterocycles. The zero-order valence-electron chi connectivity index (χ0n) is 11.4. The van der Waals surface area contributed by atoms with Gasteiger partial charge in [-0.2, -0.15) is 0 Å². The van der Waals surface area contributed by atoms with Gasteiger partial charge in [-0.3, -0.25) is 0 Å². The summed E-state index contributed by atoms with van der Waals surface area (Å²) < 4.78 is 0. The molecule has 102 valence electrons. The first kappa shape index (κ1) is 13.0. The number of H-pyrrole nitrogens is 1. The quantitative estimate of drug-likeness (QED) is 0.849. The lowest BCUT2D eigenvalue weighted by Crippen LogP contribution is -2.33. The van der Waals surface area contributed by atoms with E-state index in [9.17, 15) is 0 Å². The van der Waals surface area contributed by atoms with Crippen molar-refractivity contribution in [2.24, 2.45) is 5.92 Å². The number of rotatable bonds is 3. The van der Waals surface area contributed by atoms with E-state index in [1.807, 2.05) is 12.1 Å². The molecule has 3 heteroatoms. The van der Waals surface area contributed by atoms with Crippen molar-refractivity contribution in [3.8, 4) is 0 Å². The predicted molar refractivity (Wildman–Crippen MR) is 81.6 cm³/mol. The van der Waals surface area contributed by atoms with Gasteiger partial charge in [0.2, 0.25) is 0 Å². The number of halogens is 1. The Labute approximate surface area is 119 Å². The fraction of sp³-hybridized carbons (Fsp3) is 0.500. The van der Waals surface area contributed by atoms with Crippen LogP contribution in [0.1, 0.15) is 38.3 Å². The van der Waals surface area contributed by atoms with Gasteiger partial charge < -0.3 is 10.3 Å². The molecule has 1 heterocycles. The van der Waals surface area contributed by atoms with Crippen LogP contribution in [0.5, 0.6) is 0 Å². The Balaban J connectivity index is 1.69. The van der Waals surface area contributed by atoms with Gasteiger partial charge in [-0.1, -0.05) is 49.6 Å². The maximum Gasteiger partial charge on any atom is 0.0705 e. The zero-order valence-corrected chi connectivity index (χ0v) is 12.1. The summed E-state index contributed by atoms with van der Waals surface area (Å²) in [5.74, 6) is 0.851. The minimum atomic E-state index is 0.645. The molecule has 1 saturated carbocycles. The average molecular weight is 277 g/mol. The Hall–Kier alpha value is -0.990. The van der Waals surface area contributed by atoms with Crippen LogP contribution in [0.3, 0.4) is 0 Å². The number of hydrogen-bond donors (Lipinski definition) is 2. The van der Waals surface area contributed by atoms with Crippen LogP contribution in [-0.4, -0.2) is 11.0 Å². The van der Waals surface area contributed by atoms with Crippen LogP contribution in [0, 0.1) is 5.92 Å². The molecule has 0 bridgehead atoms. The van der Waals surface area contributed by atoms with E-state index in [-0.39, 0.29) is 0 Å². The third-order valence-electron chi connectivity index (χ3n) is 4.22. The highest BCUT2D eigenvalue weighted by molar-refractivity contribution is 6.36. The van der Waals surface area contributed by atoms with E-state index in [2.05, 4.69) is 29.4 Å². The molecule has 1 aliphatic carbocycles. The van der Waals surface area contributed by atoms with E-state index in [0.29, 0.717) is 6.04 Å². The molecule has 1 fully saturated rings. The number of fused-ring (bicyclic) bond motifs is 1. The number of aromatic nitrogens is 1. The number of benzene rings is 1. The van der Waals surface area contributed by atoms with Gasteiger partial charge in [0.25, 0.3) is 0 Å². The van der Waals surface area contributed by atoms with Crippen LogP contribution in [0.2, 0.25) is 5.02 Å². The summed E-state index contributed by atoms with van der Waals surface area (Å²) in [5.41, 5.74) is 2.24. The molecule has 1 aliphatic rings. The molecule has 2 unspecified atom stereocenters. The van der Waals surface area contributed by atoms with Crippen molar-refractivity contribution in [3.05, 3.63) is 35.0 Å². The molecule has 2 N–H and O–H groups in total. The van der Waals surface area contributed by atoms with Crippen LogP contribution in [-0.2, 0) is 6.54 Å². The molecular weight excluding hydrogens is 256 g/mol. The normalized spacial score (nSPS) is 23.9. The standard InChI is InChI=1S/C16H21ClN2/c1-11-5-4-6-12(9-11)18-10-15-16(17)13-7-2-3-8-14(13)19-15/h2-3,7-8,11-12,18-19H,4-6,9-10H2,1H3. The van der Waals surface area contributed by atoms with E-state index in [1.54, 1.807) is 0 Å². The summed E-state index contributed by atoms with van der Waals surface area (Å²) in [7, 11) is 0. The number of aromatic amines is 1. The molecular formula is C16H21ClN2. The van der Waals surface area contributed by atoms with Crippen molar-refractivity contribution in [3.63, 3.8) is 0 Å². The van der Waals surface area contributed by atoms with E-state index in [0.717, 1.165) is 34.1 Å². The third-order valence-corrected chi connectivity index (χ3v) is 4.65. The van der Waals surface area contributed by atoms with E-state index in [1.165, 1.54) is 25.7 Å². The Kier molecular flexibility index (Phi) is 3.81. The molecule has 0 aliphatic heterocycles. The Morgan fingerprint density at radius 3 is 2.95 bits per heavy atom. The predicted octanol–water partition coefficient (Wildman–Crippen LogP) is 4.49. The fourth-order valence-electron chi connectivity index (χ4n) is 3.15. The second-order valence-electron chi connectivity index (χ2n) is 5.81. The molecule has 0 amide bonds. The summed E-state index contributed by atoms with van der Waals surface area (Å²) in [6, 6.07) is 8.86. The van der Waals surface area contributed by atoms with Gasteiger partial charge in [0.15, 0.2) is 0 Å². The Bertz CT molecular complexity index is 561. The van der Waals surface area contributed by atoms with Gasteiger partial charge in [0, 0.05) is 29.2 Å². The number of hydrogen-bond acceptors (Lipinski definition) is 1. The molecule has 0 spiro atoms. The highest BCUT2D eigenvalue weighted by atomic mass is 35.5. The lowest BCUT2D eigenvalue weighted by molar-refractivity contribution is 0.300. The van der Waals surface area contributed by atoms with Crippen molar-refractivity contribution in [1.82, 2.24) is 10.3 Å². The Morgan fingerprint density at radius 2 is 2.16 bits per heavy atom. The fourth-order valence-corrected chi connectivity index (χ4v) is 3.43. The maximum absolute atomic E-state index is 6.43. The molecule has 3 rings (SSSR count). The van der Waals surface area contributed by atoms with Crippen molar-refractivity contribution in [1.29, 1.82) is 0 Å². The van der Waals surface area contributed by atoms with Gasteiger partial charge in [0.05, 0.1) is 5.02 Å². The van der Waals surface area contributed by atoms with E-state index in [4.69, 9.17) is 11.6 Å². The van der Waals surface area contributed by atoms with Crippen molar-refractivity contribution in [2.45, 2.75) is 45.2 Å². The monoisotopic (exact) mass is 276 g/mol. The first-order chi connectivity index (χ1) is 9.24. The number of para-hydroxylation sites is 1. The molecule has 2 aromatic rings. The van der Waals surface area contributed by atoms with Crippen LogP contribution >= 0.6 is 11.6 Å². The van der Waals surface area contributed by atoms with Crippen molar-refractivity contribution in [2.75, 3.05) is 0 Å². The minimum Gasteiger partial charge on any atom is -0.356 e. The molecule has 0 radical (unpaired) electrons. The van der Waals surface area contributed by atoms with Gasteiger partial charge >= 0.3 is 0 Å². The highest BCUT2D eigenvalue weighted by Gasteiger charge is 2.19. The average Bonchev–Trinajstić information content (AvgIpc) is 2.74. The third kappa shape index (κ3) is 2.80. The lowest BCUT2D eigenvalue weighted by atomic mass is 9.87. The maximum atomic E-state index is 6.43. The second kappa shape index (κ2) is 5.56. The summed E-state index contributed by atoms with van der Waals surface area (Å²) in [5, 5.41) is 5.65. The minimum absolute atomic E-state index is 0.645. The van der Waals surface area contributed by atoms with Crippen LogP contribution < -0.4 is 5.32 Å². The Morgan fingerprint density at radius 1 is 1.32 bits per heavy atom. The van der Waals surface area contributed by atoms with Crippen molar-refractivity contribution >= 4 is 22.5 Å². The summed E-state index contributed by atoms with van der Waals surface area (Å²) in [4.78, 5) is 3.42. The van der Waals surface area contributed by atoms with Crippen LogP contribution in [0.15, 0.2) is 24.3 Å². The molecule has 2 atom stereocenters. The van der Waals surface area contributed by atoms with Gasteiger partial charge in [-0.05, 0) is 24.8 Å². The molecule has 1 aromatic heterocycles. The first-order valence-electron chi connectivity index (χ1n) is 7.22. The smallest absolute Gasteiger partial charge is 0.0705 e. The van der Waals surface area contributed by atoms with Gasteiger partial charge in [-0.25, -0.2) is 0 Å². The largest absolute Gasteiger partial charge is 0.356 e. The first-order valence-corrected chi connectivity index (χ1v) is 7.60. The highest BCUT2D eigenvalue weighted by Crippen LogP contribution is 2.28. The summed E-state index contributed by atoms with van der Waals surface area (Å²) in [6.07, 6.45) is 5.31. The van der Waals surface area contributed by atoms with Gasteiger partial charge in [0.1, 0.15) is 0 Å².